The Morgan fingerprint density at radius 1 is 1.12 bits per heavy atom. The van der Waals surface area contributed by atoms with E-state index in [4.69, 9.17) is 12.2 Å². The predicted molar refractivity (Wildman–Crippen MR) is 124 cm³/mol. The summed E-state index contributed by atoms with van der Waals surface area (Å²) >= 11 is 5.59. The number of aromatic amines is 1. The van der Waals surface area contributed by atoms with E-state index in [1.807, 2.05) is 23.1 Å². The van der Waals surface area contributed by atoms with Gasteiger partial charge in [0, 0.05) is 5.69 Å². The summed E-state index contributed by atoms with van der Waals surface area (Å²) in [5.41, 5.74) is 2.83. The molecular formula is C23H20F3N5S. The summed E-state index contributed by atoms with van der Waals surface area (Å²) in [6.07, 6.45) is 3.20. The first kappa shape index (κ1) is 20.7. The van der Waals surface area contributed by atoms with Crippen LogP contribution < -0.4 is 10.2 Å². The van der Waals surface area contributed by atoms with E-state index in [1.54, 1.807) is 12.4 Å². The molecule has 1 aliphatic heterocycles. The first-order valence-corrected chi connectivity index (χ1v) is 10.8. The van der Waals surface area contributed by atoms with Crippen LogP contribution in [0.15, 0.2) is 65.4 Å². The number of alkyl halides is 3. The van der Waals surface area contributed by atoms with Gasteiger partial charge in [0.1, 0.15) is 11.9 Å². The minimum atomic E-state index is -4.48. The number of aliphatic imine (C=N–C) groups is 1. The Kier molecular flexibility index (Phi) is 5.21. The smallest absolute Gasteiger partial charge is 0.345 e. The lowest BCUT2D eigenvalue weighted by Gasteiger charge is -2.31. The van der Waals surface area contributed by atoms with Gasteiger partial charge >= 0.3 is 6.18 Å². The number of nitrogens with one attached hydrogen (secondary N) is 2. The van der Waals surface area contributed by atoms with Crippen molar-refractivity contribution in [1.82, 2.24) is 9.97 Å². The third-order valence-corrected chi connectivity index (χ3v) is 6.08. The quantitative estimate of drug-likeness (QED) is 0.372. The van der Waals surface area contributed by atoms with Gasteiger partial charge < -0.3 is 15.2 Å². The molecule has 3 aromatic rings. The second-order valence-corrected chi connectivity index (χ2v) is 8.21. The van der Waals surface area contributed by atoms with Crippen molar-refractivity contribution in [3.63, 3.8) is 0 Å². The number of amidine groups is 1. The predicted octanol–water partition coefficient (Wildman–Crippen LogP) is 6.07. The van der Waals surface area contributed by atoms with E-state index in [9.17, 15) is 13.2 Å². The maximum absolute atomic E-state index is 13.6. The summed E-state index contributed by atoms with van der Waals surface area (Å²) in [5, 5.41) is 3.28. The number of anilines is 2. The van der Waals surface area contributed by atoms with Gasteiger partial charge in [-0.25, -0.2) is 9.98 Å². The van der Waals surface area contributed by atoms with E-state index in [0.29, 0.717) is 10.9 Å². The van der Waals surface area contributed by atoms with Crippen LogP contribution in [0.3, 0.4) is 0 Å². The van der Waals surface area contributed by atoms with Crippen molar-refractivity contribution < 1.29 is 13.2 Å². The van der Waals surface area contributed by atoms with Crippen LogP contribution in [-0.4, -0.2) is 27.0 Å². The van der Waals surface area contributed by atoms with E-state index < -0.39 is 11.7 Å². The Balaban J connectivity index is 1.56. The van der Waals surface area contributed by atoms with Crippen LogP contribution in [0.4, 0.5) is 24.5 Å². The summed E-state index contributed by atoms with van der Waals surface area (Å²) in [5.74, 6) is 0.407. The number of rotatable bonds is 3. The van der Waals surface area contributed by atoms with Gasteiger partial charge in [-0.3, -0.25) is 0 Å². The number of thiocarbonyl (C=S) groups is 1. The van der Waals surface area contributed by atoms with Crippen LogP contribution in [0.2, 0.25) is 0 Å². The second kappa shape index (κ2) is 8.05. The summed E-state index contributed by atoms with van der Waals surface area (Å²) < 4.78 is 40.7. The Labute approximate surface area is 188 Å². The number of allylic oxidation sites excluding steroid dienone is 1. The summed E-state index contributed by atoms with van der Waals surface area (Å²) in [6.45, 7) is 0. The van der Waals surface area contributed by atoms with E-state index >= 15 is 0 Å². The molecule has 1 aliphatic carbocycles. The molecule has 0 fully saturated rings. The van der Waals surface area contributed by atoms with E-state index in [-0.39, 0.29) is 11.7 Å². The number of para-hydroxylation sites is 1. The molecule has 0 saturated heterocycles. The maximum atomic E-state index is 13.6. The monoisotopic (exact) mass is 455 g/mol. The average Bonchev–Trinajstić information content (AvgIpc) is 3.37. The average molecular weight is 456 g/mol. The van der Waals surface area contributed by atoms with Crippen molar-refractivity contribution in [2.75, 3.05) is 10.2 Å². The molecule has 9 heteroatoms. The topological polar surface area (TPSA) is 56.3 Å². The van der Waals surface area contributed by atoms with Crippen molar-refractivity contribution in [1.29, 1.82) is 0 Å². The molecule has 0 saturated carbocycles. The SMILES string of the molecule is FC(F)(F)c1ccccc1NC1=NC(=S)N(c2ccc3nc[nH]c3c2)C1C1=CCCCC1. The molecular weight excluding hydrogens is 435 g/mol. The van der Waals surface area contributed by atoms with Gasteiger partial charge in [-0.15, -0.1) is 0 Å². The summed E-state index contributed by atoms with van der Waals surface area (Å²) in [7, 11) is 0. The first-order chi connectivity index (χ1) is 15.4. The lowest BCUT2D eigenvalue weighted by atomic mass is 9.92. The van der Waals surface area contributed by atoms with Crippen LogP contribution in [0.25, 0.3) is 11.0 Å². The molecule has 0 radical (unpaired) electrons. The number of imidazole rings is 1. The number of halogens is 3. The van der Waals surface area contributed by atoms with Crippen molar-refractivity contribution in [3.05, 3.63) is 66.0 Å². The highest BCUT2D eigenvalue weighted by Crippen LogP contribution is 2.37. The Hall–Kier alpha value is -3.20. The van der Waals surface area contributed by atoms with Gasteiger partial charge in [0.25, 0.3) is 0 Å². The number of H-pyrrole nitrogens is 1. The zero-order valence-electron chi connectivity index (χ0n) is 17.0. The van der Waals surface area contributed by atoms with Gasteiger partial charge in [-0.05, 0) is 73.8 Å². The van der Waals surface area contributed by atoms with Crippen LogP contribution in [0.1, 0.15) is 31.2 Å². The van der Waals surface area contributed by atoms with Gasteiger partial charge in [-0.1, -0.05) is 18.2 Å². The highest BCUT2D eigenvalue weighted by molar-refractivity contribution is 7.80. The molecule has 2 heterocycles. The summed E-state index contributed by atoms with van der Waals surface area (Å²) in [4.78, 5) is 13.8. The molecule has 2 aliphatic rings. The highest BCUT2D eigenvalue weighted by atomic mass is 32.1. The Morgan fingerprint density at radius 3 is 2.75 bits per heavy atom. The van der Waals surface area contributed by atoms with Gasteiger partial charge in [-0.2, -0.15) is 13.2 Å². The number of hydrogen-bond acceptors (Lipinski definition) is 3. The number of aromatic nitrogens is 2. The maximum Gasteiger partial charge on any atom is 0.418 e. The van der Waals surface area contributed by atoms with Crippen LogP contribution >= 0.6 is 12.2 Å². The Morgan fingerprint density at radius 2 is 1.97 bits per heavy atom. The van der Waals surface area contributed by atoms with Crippen LogP contribution in [0.5, 0.6) is 0 Å². The normalized spacial score (nSPS) is 19.3. The molecule has 5 nitrogen and oxygen atoms in total. The largest absolute Gasteiger partial charge is 0.418 e. The fourth-order valence-electron chi connectivity index (χ4n) is 4.31. The molecule has 2 aromatic carbocycles. The van der Waals surface area contributed by atoms with E-state index in [2.05, 4.69) is 26.4 Å². The number of fused-ring (bicyclic) bond motifs is 1. The molecule has 32 heavy (non-hydrogen) atoms. The Bertz CT molecular complexity index is 1240. The minimum absolute atomic E-state index is 0.0335. The molecule has 0 bridgehead atoms. The molecule has 0 amide bonds. The van der Waals surface area contributed by atoms with Crippen molar-refractivity contribution in [2.45, 2.75) is 37.9 Å². The summed E-state index contributed by atoms with van der Waals surface area (Å²) in [6, 6.07) is 10.8. The molecule has 5 rings (SSSR count). The molecule has 164 valence electrons. The number of nitrogens with zero attached hydrogens (tertiary/aromatic N) is 3. The molecule has 1 aromatic heterocycles. The minimum Gasteiger partial charge on any atom is -0.345 e. The van der Waals surface area contributed by atoms with Crippen LogP contribution in [-0.2, 0) is 6.18 Å². The van der Waals surface area contributed by atoms with Crippen molar-refractivity contribution >= 4 is 45.6 Å². The van der Waals surface area contributed by atoms with Gasteiger partial charge in [0.15, 0.2) is 0 Å². The van der Waals surface area contributed by atoms with Gasteiger partial charge in [0.2, 0.25) is 5.11 Å². The first-order valence-electron chi connectivity index (χ1n) is 10.4. The lowest BCUT2D eigenvalue weighted by molar-refractivity contribution is -0.136. The zero-order valence-corrected chi connectivity index (χ0v) is 17.8. The third-order valence-electron chi connectivity index (χ3n) is 5.79. The standard InChI is InChI=1S/C23H20F3N5S/c24-23(25,26)16-8-4-5-9-17(16)29-21-20(14-6-2-1-3-7-14)31(22(32)30-21)15-10-11-18-19(12-15)28-13-27-18/h4-6,8-13,20H,1-3,7H2,(H,27,28)(H,29,30,32). The second-order valence-electron chi connectivity index (χ2n) is 7.85. The molecule has 1 atom stereocenters. The lowest BCUT2D eigenvalue weighted by Crippen LogP contribution is -2.42. The third kappa shape index (κ3) is 3.77. The van der Waals surface area contributed by atoms with Crippen molar-refractivity contribution in [2.24, 2.45) is 4.99 Å². The molecule has 1 unspecified atom stereocenters. The number of benzene rings is 2. The van der Waals surface area contributed by atoms with E-state index in [0.717, 1.165) is 54.0 Å². The number of hydrogen-bond donors (Lipinski definition) is 2. The zero-order chi connectivity index (χ0) is 22.3. The van der Waals surface area contributed by atoms with E-state index in [1.165, 1.54) is 12.1 Å². The van der Waals surface area contributed by atoms with Crippen LogP contribution in [0, 0.1) is 0 Å². The van der Waals surface area contributed by atoms with Crippen molar-refractivity contribution in [3.8, 4) is 0 Å². The fraction of sp³-hybridized carbons (Fsp3) is 0.261. The highest BCUT2D eigenvalue weighted by Gasteiger charge is 2.39. The fourth-order valence-corrected chi connectivity index (χ4v) is 4.62. The molecule has 0 spiro atoms. The van der Waals surface area contributed by atoms with Gasteiger partial charge in [0.05, 0.1) is 28.6 Å². The molecule has 2 N–H and O–H groups in total.